The Balaban J connectivity index is 2.10. The van der Waals surface area contributed by atoms with Gasteiger partial charge in [0.1, 0.15) is 5.75 Å². The molecule has 25 heavy (non-hydrogen) atoms. The van der Waals surface area contributed by atoms with Crippen LogP contribution in [0.4, 0.5) is 11.4 Å². The van der Waals surface area contributed by atoms with Crippen molar-refractivity contribution >= 4 is 62.1 Å². The van der Waals surface area contributed by atoms with Crippen LogP contribution >= 0.6 is 39.7 Å². The largest absolute Gasteiger partial charge is 0.496 e. The molecule has 2 N–H and O–H groups in total. The highest BCUT2D eigenvalue weighted by Gasteiger charge is 2.14. The van der Waals surface area contributed by atoms with Crippen molar-refractivity contribution in [3.8, 4) is 5.75 Å². The third-order valence-electron chi connectivity index (χ3n) is 3.05. The number of carbonyl (C=O) groups is 1. The molecule has 2 aromatic carbocycles. The van der Waals surface area contributed by atoms with Crippen molar-refractivity contribution in [2.75, 3.05) is 12.4 Å². The van der Waals surface area contributed by atoms with Crippen LogP contribution in [0.25, 0.3) is 0 Å². The summed E-state index contributed by atoms with van der Waals surface area (Å²) in [4.78, 5) is 22.5. The van der Waals surface area contributed by atoms with Gasteiger partial charge >= 0.3 is 0 Å². The Labute approximate surface area is 161 Å². The molecule has 0 unspecified atom stereocenters. The van der Waals surface area contributed by atoms with Gasteiger partial charge in [-0.15, -0.1) is 0 Å². The first kappa shape index (κ1) is 19.1. The van der Waals surface area contributed by atoms with Crippen molar-refractivity contribution in [1.82, 2.24) is 5.32 Å². The maximum absolute atomic E-state index is 12.2. The number of non-ortho nitro benzene ring substituents is 1. The van der Waals surface area contributed by atoms with Crippen LogP contribution in [-0.2, 0) is 0 Å². The molecule has 130 valence electrons. The molecule has 0 aliphatic heterocycles. The minimum absolute atomic E-state index is 0.0423. The number of nitrogens with zero attached hydrogens (tertiary/aromatic N) is 1. The summed E-state index contributed by atoms with van der Waals surface area (Å²) in [5, 5.41) is 16.1. The zero-order valence-electron chi connectivity index (χ0n) is 12.7. The van der Waals surface area contributed by atoms with E-state index in [-0.39, 0.29) is 21.5 Å². The van der Waals surface area contributed by atoms with Gasteiger partial charge in [0.15, 0.2) is 5.11 Å². The van der Waals surface area contributed by atoms with Gasteiger partial charge in [-0.2, -0.15) is 0 Å². The molecule has 0 bridgehead atoms. The van der Waals surface area contributed by atoms with Crippen LogP contribution in [0.5, 0.6) is 5.75 Å². The van der Waals surface area contributed by atoms with Crippen molar-refractivity contribution in [3.63, 3.8) is 0 Å². The van der Waals surface area contributed by atoms with Crippen LogP contribution in [0.2, 0.25) is 5.02 Å². The number of anilines is 1. The van der Waals surface area contributed by atoms with Crippen molar-refractivity contribution in [3.05, 3.63) is 61.6 Å². The zero-order valence-corrected chi connectivity index (χ0v) is 15.9. The topological polar surface area (TPSA) is 93.5 Å². The van der Waals surface area contributed by atoms with Gasteiger partial charge in [-0.1, -0.05) is 11.6 Å². The normalized spacial score (nSPS) is 10.0. The van der Waals surface area contributed by atoms with Gasteiger partial charge in [0.05, 0.1) is 27.2 Å². The summed E-state index contributed by atoms with van der Waals surface area (Å²) in [5.41, 5.74) is 0.416. The van der Waals surface area contributed by atoms with E-state index in [0.717, 1.165) is 0 Å². The average molecular weight is 445 g/mol. The molecule has 0 heterocycles. The number of amides is 1. The lowest BCUT2D eigenvalue weighted by Gasteiger charge is -2.11. The summed E-state index contributed by atoms with van der Waals surface area (Å²) in [6.07, 6.45) is 0. The molecule has 0 radical (unpaired) electrons. The number of halogens is 2. The number of rotatable bonds is 4. The van der Waals surface area contributed by atoms with Crippen LogP contribution in [0.3, 0.4) is 0 Å². The Morgan fingerprint density at radius 3 is 2.64 bits per heavy atom. The molecule has 2 rings (SSSR count). The molecule has 0 saturated heterocycles. The maximum atomic E-state index is 12.2. The van der Waals surface area contributed by atoms with Crippen LogP contribution in [-0.4, -0.2) is 23.1 Å². The highest BCUT2D eigenvalue weighted by atomic mass is 79.9. The zero-order chi connectivity index (χ0) is 18.6. The second kappa shape index (κ2) is 8.24. The molecule has 0 atom stereocenters. The summed E-state index contributed by atoms with van der Waals surface area (Å²) < 4.78 is 5.71. The summed E-state index contributed by atoms with van der Waals surface area (Å²) in [7, 11) is 1.52. The molecule has 0 aromatic heterocycles. The number of hydrogen-bond acceptors (Lipinski definition) is 5. The molecule has 0 spiro atoms. The number of nitro groups is 1. The molecule has 0 aliphatic carbocycles. The van der Waals surface area contributed by atoms with E-state index in [1.807, 2.05) is 0 Å². The molecule has 7 nitrogen and oxygen atoms in total. The first-order valence-corrected chi connectivity index (χ1v) is 8.29. The molecule has 0 fully saturated rings. The van der Waals surface area contributed by atoms with E-state index in [9.17, 15) is 14.9 Å². The van der Waals surface area contributed by atoms with Gasteiger partial charge in [-0.3, -0.25) is 20.2 Å². The van der Waals surface area contributed by atoms with Gasteiger partial charge < -0.3 is 10.1 Å². The first-order chi connectivity index (χ1) is 11.8. The number of nitrogens with one attached hydrogen (secondary N) is 2. The second-order valence-corrected chi connectivity index (χ2v) is 6.35. The predicted molar refractivity (Wildman–Crippen MR) is 102 cm³/mol. The number of ether oxygens (including phenoxy) is 1. The Morgan fingerprint density at radius 2 is 2.04 bits per heavy atom. The Hall–Kier alpha value is -2.23. The summed E-state index contributed by atoms with van der Waals surface area (Å²) in [6.45, 7) is 0. The Kier molecular flexibility index (Phi) is 6.29. The van der Waals surface area contributed by atoms with Crippen molar-refractivity contribution in [2.45, 2.75) is 0 Å². The fourth-order valence-corrected chi connectivity index (χ4v) is 2.77. The van der Waals surface area contributed by atoms with Crippen LogP contribution in [0.1, 0.15) is 10.4 Å². The Morgan fingerprint density at radius 1 is 1.32 bits per heavy atom. The van der Waals surface area contributed by atoms with E-state index in [1.54, 1.807) is 18.2 Å². The lowest BCUT2D eigenvalue weighted by molar-refractivity contribution is -0.384. The number of nitro benzene ring substituents is 1. The quantitative estimate of drug-likeness (QED) is 0.418. The van der Waals surface area contributed by atoms with E-state index < -0.39 is 10.8 Å². The Bertz CT molecular complexity index is 863. The van der Waals surface area contributed by atoms with E-state index in [2.05, 4.69) is 26.6 Å². The molecular formula is C15H11BrClN3O4S. The van der Waals surface area contributed by atoms with Gasteiger partial charge in [0, 0.05) is 17.7 Å². The fourth-order valence-electron chi connectivity index (χ4n) is 1.86. The molecular weight excluding hydrogens is 434 g/mol. The number of hydrogen-bond donors (Lipinski definition) is 2. The van der Waals surface area contributed by atoms with Gasteiger partial charge in [-0.25, -0.2) is 0 Å². The monoisotopic (exact) mass is 443 g/mol. The first-order valence-electron chi connectivity index (χ1n) is 6.71. The maximum Gasteiger partial charge on any atom is 0.271 e. The molecule has 0 saturated carbocycles. The molecule has 1 amide bonds. The third kappa shape index (κ3) is 4.88. The minimum atomic E-state index is -0.558. The summed E-state index contributed by atoms with van der Waals surface area (Å²) in [5.74, 6) is 0.128. The number of thiocarbonyl (C=S) groups is 1. The summed E-state index contributed by atoms with van der Waals surface area (Å²) >= 11 is 14.3. The van der Waals surface area contributed by atoms with E-state index in [4.69, 9.17) is 28.6 Å². The van der Waals surface area contributed by atoms with Crippen LogP contribution in [0, 0.1) is 10.1 Å². The fraction of sp³-hybridized carbons (Fsp3) is 0.0667. The van der Waals surface area contributed by atoms with Crippen LogP contribution in [0.15, 0.2) is 40.9 Å². The van der Waals surface area contributed by atoms with Gasteiger partial charge in [0.2, 0.25) is 0 Å². The second-order valence-electron chi connectivity index (χ2n) is 4.68. The van der Waals surface area contributed by atoms with Gasteiger partial charge in [0.25, 0.3) is 11.6 Å². The molecule has 10 heteroatoms. The van der Waals surface area contributed by atoms with E-state index in [0.29, 0.717) is 15.8 Å². The third-order valence-corrected chi connectivity index (χ3v) is 4.20. The van der Waals surface area contributed by atoms with Gasteiger partial charge in [-0.05, 0) is 52.4 Å². The molecule has 2 aromatic rings. The molecule has 0 aliphatic rings. The summed E-state index contributed by atoms with van der Waals surface area (Å²) in [6, 6.07) is 8.65. The van der Waals surface area contributed by atoms with E-state index >= 15 is 0 Å². The number of benzene rings is 2. The lowest BCUT2D eigenvalue weighted by Crippen LogP contribution is -2.34. The highest BCUT2D eigenvalue weighted by molar-refractivity contribution is 9.10. The van der Waals surface area contributed by atoms with Crippen molar-refractivity contribution in [2.24, 2.45) is 0 Å². The average Bonchev–Trinajstić information content (AvgIpc) is 2.56. The van der Waals surface area contributed by atoms with E-state index in [1.165, 1.54) is 25.3 Å². The number of methoxy groups -OCH3 is 1. The standard InChI is InChI=1S/C15H11BrClN3O4S/c1-24-13-5-2-8(6-10(13)16)14(21)19-15(25)18-12-7-9(20(22)23)3-4-11(12)17/h2-7H,1H3,(H2,18,19,21,25). The van der Waals surface area contributed by atoms with Crippen molar-refractivity contribution < 1.29 is 14.5 Å². The SMILES string of the molecule is COc1ccc(C(=O)NC(=S)Nc2cc([N+](=O)[O-])ccc2Cl)cc1Br. The lowest BCUT2D eigenvalue weighted by atomic mass is 10.2. The highest BCUT2D eigenvalue weighted by Crippen LogP contribution is 2.27. The predicted octanol–water partition coefficient (Wildman–Crippen LogP) is 4.15. The van der Waals surface area contributed by atoms with Crippen molar-refractivity contribution in [1.29, 1.82) is 0 Å². The smallest absolute Gasteiger partial charge is 0.271 e. The minimum Gasteiger partial charge on any atom is -0.496 e. The van der Waals surface area contributed by atoms with Crippen LogP contribution < -0.4 is 15.4 Å². The number of carbonyl (C=O) groups excluding carboxylic acids is 1.